The third-order valence-electron chi connectivity index (χ3n) is 5.05. The molecule has 3 aromatic rings. The van der Waals surface area contributed by atoms with Crippen LogP contribution in [0.3, 0.4) is 0 Å². The minimum Gasteiger partial charge on any atom is -0.322 e. The molecule has 2 aromatic carbocycles. The molecule has 2 N–H and O–H groups in total. The zero-order valence-corrected chi connectivity index (χ0v) is 15.5. The van der Waals surface area contributed by atoms with Crippen LogP contribution in [0.15, 0.2) is 60.8 Å². The molecule has 1 amide bonds. The largest absolute Gasteiger partial charge is 0.322 e. The van der Waals surface area contributed by atoms with Crippen LogP contribution in [0.5, 0.6) is 0 Å². The fourth-order valence-electron chi connectivity index (χ4n) is 3.71. The van der Waals surface area contributed by atoms with Crippen LogP contribution in [-0.2, 0) is 0 Å². The molecule has 0 aliphatic carbocycles. The number of nitrogens with one attached hydrogen (secondary N) is 2. The summed E-state index contributed by atoms with van der Waals surface area (Å²) in [4.78, 5) is 13.0. The second kappa shape index (κ2) is 7.76. The number of para-hydroxylation sites is 1. The van der Waals surface area contributed by atoms with E-state index in [9.17, 15) is 4.79 Å². The highest BCUT2D eigenvalue weighted by molar-refractivity contribution is 6.05. The topological polar surface area (TPSA) is 59.0 Å². The van der Waals surface area contributed by atoms with Crippen molar-refractivity contribution in [3.63, 3.8) is 0 Å². The molecular formula is C22H24N4O. The van der Waals surface area contributed by atoms with Crippen molar-refractivity contribution >= 4 is 11.6 Å². The van der Waals surface area contributed by atoms with Crippen LogP contribution in [0.4, 0.5) is 5.69 Å². The third-order valence-corrected chi connectivity index (χ3v) is 5.05. The number of aromatic nitrogens is 2. The fourth-order valence-corrected chi connectivity index (χ4v) is 3.71. The molecule has 1 aliphatic heterocycles. The molecule has 5 nitrogen and oxygen atoms in total. The number of anilines is 1. The molecule has 0 unspecified atom stereocenters. The average Bonchev–Trinajstić information content (AvgIpc) is 3.15. The molecule has 0 atom stereocenters. The minimum atomic E-state index is -0.103. The Bertz CT molecular complexity index is 926. The molecule has 0 bridgehead atoms. The van der Waals surface area contributed by atoms with Crippen LogP contribution >= 0.6 is 0 Å². The Hall–Kier alpha value is -2.92. The molecule has 1 aliphatic rings. The Kier molecular flexibility index (Phi) is 5.03. The molecule has 0 spiro atoms. The Balaban J connectivity index is 1.73. The van der Waals surface area contributed by atoms with Gasteiger partial charge in [0.1, 0.15) is 0 Å². The van der Waals surface area contributed by atoms with Gasteiger partial charge in [-0.05, 0) is 62.7 Å². The van der Waals surface area contributed by atoms with Crippen LogP contribution in [0.25, 0.3) is 5.69 Å². The molecule has 0 saturated carbocycles. The molecule has 4 rings (SSSR count). The predicted molar refractivity (Wildman–Crippen MR) is 108 cm³/mol. The van der Waals surface area contributed by atoms with E-state index in [0.29, 0.717) is 11.5 Å². The summed E-state index contributed by atoms with van der Waals surface area (Å²) in [6, 6.07) is 17.8. The zero-order chi connectivity index (χ0) is 18.6. The van der Waals surface area contributed by atoms with Crippen molar-refractivity contribution in [2.45, 2.75) is 25.7 Å². The minimum absolute atomic E-state index is 0.103. The van der Waals surface area contributed by atoms with Gasteiger partial charge in [-0.3, -0.25) is 4.79 Å². The Labute approximate surface area is 159 Å². The number of nitrogens with zero attached hydrogens (tertiary/aromatic N) is 2. The van der Waals surface area contributed by atoms with Crippen molar-refractivity contribution < 1.29 is 4.79 Å². The third kappa shape index (κ3) is 3.78. The summed E-state index contributed by atoms with van der Waals surface area (Å²) in [5.41, 5.74) is 4.64. The molecule has 1 saturated heterocycles. The van der Waals surface area contributed by atoms with E-state index in [1.807, 2.05) is 47.1 Å². The SMILES string of the molecule is Cc1cccc(-n2ncc(C(=O)Nc3ccccc3)c2C2CCNCC2)c1. The van der Waals surface area contributed by atoms with Gasteiger partial charge in [0, 0.05) is 11.6 Å². The normalized spacial score (nSPS) is 14.9. The number of benzene rings is 2. The van der Waals surface area contributed by atoms with Crippen molar-refractivity contribution in [3.05, 3.63) is 77.6 Å². The number of aryl methyl sites for hydroxylation is 1. The average molecular weight is 360 g/mol. The first kappa shape index (κ1) is 17.5. The lowest BCUT2D eigenvalue weighted by atomic mass is 9.91. The van der Waals surface area contributed by atoms with E-state index in [2.05, 4.69) is 34.8 Å². The van der Waals surface area contributed by atoms with Crippen molar-refractivity contribution in [1.82, 2.24) is 15.1 Å². The van der Waals surface area contributed by atoms with E-state index in [-0.39, 0.29) is 5.91 Å². The van der Waals surface area contributed by atoms with E-state index in [1.165, 1.54) is 5.56 Å². The van der Waals surface area contributed by atoms with E-state index in [1.54, 1.807) is 6.20 Å². The summed E-state index contributed by atoms with van der Waals surface area (Å²) in [5, 5.41) is 11.0. The first-order chi connectivity index (χ1) is 13.2. The second-order valence-electron chi connectivity index (χ2n) is 7.04. The van der Waals surface area contributed by atoms with Gasteiger partial charge in [-0.25, -0.2) is 4.68 Å². The van der Waals surface area contributed by atoms with Crippen molar-refractivity contribution in [1.29, 1.82) is 0 Å². The van der Waals surface area contributed by atoms with Gasteiger partial charge in [0.05, 0.1) is 23.1 Å². The van der Waals surface area contributed by atoms with Crippen molar-refractivity contribution in [2.75, 3.05) is 18.4 Å². The van der Waals surface area contributed by atoms with Crippen LogP contribution in [0.1, 0.15) is 40.4 Å². The van der Waals surface area contributed by atoms with Gasteiger partial charge >= 0.3 is 0 Å². The maximum Gasteiger partial charge on any atom is 0.259 e. The van der Waals surface area contributed by atoms with Gasteiger partial charge in [-0.1, -0.05) is 30.3 Å². The number of carbonyl (C=O) groups is 1. The molecule has 0 radical (unpaired) electrons. The van der Waals surface area contributed by atoms with Crippen LogP contribution in [0.2, 0.25) is 0 Å². The first-order valence-electron chi connectivity index (χ1n) is 9.44. The summed E-state index contributed by atoms with van der Waals surface area (Å²) < 4.78 is 1.95. The summed E-state index contributed by atoms with van der Waals surface area (Å²) in [5.74, 6) is 0.208. The zero-order valence-electron chi connectivity index (χ0n) is 15.5. The lowest BCUT2D eigenvalue weighted by molar-refractivity contribution is 0.102. The quantitative estimate of drug-likeness (QED) is 0.742. The monoisotopic (exact) mass is 360 g/mol. The molecule has 27 heavy (non-hydrogen) atoms. The molecule has 138 valence electrons. The predicted octanol–water partition coefficient (Wildman–Crippen LogP) is 3.90. The lowest BCUT2D eigenvalue weighted by Gasteiger charge is -2.24. The van der Waals surface area contributed by atoms with Crippen molar-refractivity contribution in [2.24, 2.45) is 0 Å². The van der Waals surface area contributed by atoms with E-state index < -0.39 is 0 Å². The molecule has 1 aromatic heterocycles. The van der Waals surface area contributed by atoms with Gasteiger partial charge < -0.3 is 10.6 Å². The molecule has 1 fully saturated rings. The lowest BCUT2D eigenvalue weighted by Crippen LogP contribution is -2.29. The standard InChI is InChI=1S/C22H24N4O/c1-16-6-5-9-19(14-16)26-21(17-10-12-23-13-11-17)20(15-24-26)22(27)25-18-7-3-2-4-8-18/h2-9,14-15,17,23H,10-13H2,1H3,(H,25,27). The molecule has 2 heterocycles. The second-order valence-corrected chi connectivity index (χ2v) is 7.04. The highest BCUT2D eigenvalue weighted by Gasteiger charge is 2.27. The highest BCUT2D eigenvalue weighted by atomic mass is 16.1. The van der Waals surface area contributed by atoms with Gasteiger partial charge in [0.25, 0.3) is 5.91 Å². The number of hydrogen-bond donors (Lipinski definition) is 2. The molecular weight excluding hydrogens is 336 g/mol. The van der Waals surface area contributed by atoms with Crippen LogP contribution in [-0.4, -0.2) is 28.8 Å². The molecule has 5 heteroatoms. The highest BCUT2D eigenvalue weighted by Crippen LogP contribution is 2.30. The smallest absolute Gasteiger partial charge is 0.259 e. The number of piperidine rings is 1. The maximum absolute atomic E-state index is 13.0. The van der Waals surface area contributed by atoms with Crippen LogP contribution < -0.4 is 10.6 Å². The number of carbonyl (C=O) groups excluding carboxylic acids is 1. The summed E-state index contributed by atoms with van der Waals surface area (Å²) in [7, 11) is 0. The Morgan fingerprint density at radius 3 is 2.63 bits per heavy atom. The number of rotatable bonds is 4. The van der Waals surface area contributed by atoms with Crippen molar-refractivity contribution in [3.8, 4) is 5.69 Å². The van der Waals surface area contributed by atoms with Gasteiger partial charge in [0.15, 0.2) is 0 Å². The summed E-state index contributed by atoms with van der Waals surface area (Å²) >= 11 is 0. The first-order valence-corrected chi connectivity index (χ1v) is 9.44. The number of hydrogen-bond acceptors (Lipinski definition) is 3. The summed E-state index contributed by atoms with van der Waals surface area (Å²) in [6.45, 7) is 3.99. The van der Waals surface area contributed by atoms with E-state index >= 15 is 0 Å². The van der Waals surface area contributed by atoms with Gasteiger partial charge in [-0.15, -0.1) is 0 Å². The Morgan fingerprint density at radius 2 is 1.89 bits per heavy atom. The van der Waals surface area contributed by atoms with E-state index in [0.717, 1.165) is 43.0 Å². The number of amides is 1. The Morgan fingerprint density at radius 1 is 1.11 bits per heavy atom. The fraction of sp³-hybridized carbons (Fsp3) is 0.273. The van der Waals surface area contributed by atoms with Gasteiger partial charge in [0.2, 0.25) is 0 Å². The maximum atomic E-state index is 13.0. The van der Waals surface area contributed by atoms with Gasteiger partial charge in [-0.2, -0.15) is 5.10 Å². The van der Waals surface area contributed by atoms with E-state index in [4.69, 9.17) is 0 Å². The summed E-state index contributed by atoms with van der Waals surface area (Å²) in [6.07, 6.45) is 3.71. The van der Waals surface area contributed by atoms with Crippen LogP contribution in [0, 0.1) is 6.92 Å².